The number of piperidine rings is 1. The van der Waals surface area contributed by atoms with Crippen LogP contribution in [0.25, 0.3) is 0 Å². The molecule has 10 nitrogen and oxygen atoms in total. The van der Waals surface area contributed by atoms with E-state index < -0.39 is 35.8 Å². The van der Waals surface area contributed by atoms with Crippen LogP contribution >= 0.6 is 0 Å². The predicted octanol–water partition coefficient (Wildman–Crippen LogP) is 2.66. The lowest BCUT2D eigenvalue weighted by Crippen LogP contribution is -2.52. The number of cyclic esters (lactones) is 1. The van der Waals surface area contributed by atoms with Crippen LogP contribution in [0.15, 0.2) is 24.3 Å². The van der Waals surface area contributed by atoms with Crippen molar-refractivity contribution < 1.29 is 33.4 Å². The van der Waals surface area contributed by atoms with E-state index in [1.54, 1.807) is 0 Å². The fraction of sp³-hybridized carbons (Fsp3) is 0.538. The van der Waals surface area contributed by atoms with Crippen LogP contribution in [0.2, 0.25) is 0 Å². The summed E-state index contributed by atoms with van der Waals surface area (Å²) in [5.74, 6) is 5.35. The van der Waals surface area contributed by atoms with Gasteiger partial charge in [0.25, 0.3) is 0 Å². The van der Waals surface area contributed by atoms with Crippen molar-refractivity contribution in [3.05, 3.63) is 35.4 Å². The number of imide groups is 1. The molecule has 0 bridgehead atoms. The number of hydrogen-bond donors (Lipinski definition) is 2. The number of hydrogen-bond acceptors (Lipinski definition) is 7. The standard InChI is InChI=1S/C26H33N3O7/c1-26(2,3)36-24(32)27-14-6-16-34-15-5-4-7-18-8-10-19(11-9-18)21-17-29(25(33)35-21)20-12-13-22(30)28-23(20)31/h8-11,20-21H,5-6,12-17H2,1-3H3,(H,27,32)(H,28,30,31). The number of nitrogens with one attached hydrogen (secondary N) is 2. The molecule has 0 spiro atoms. The van der Waals surface area contributed by atoms with Gasteiger partial charge in [-0.25, -0.2) is 9.59 Å². The van der Waals surface area contributed by atoms with Gasteiger partial charge in [-0.05, 0) is 51.3 Å². The van der Waals surface area contributed by atoms with E-state index in [1.807, 2.05) is 45.0 Å². The zero-order chi connectivity index (χ0) is 26.1. The molecule has 2 unspecified atom stereocenters. The summed E-state index contributed by atoms with van der Waals surface area (Å²) >= 11 is 0. The van der Waals surface area contributed by atoms with Crippen molar-refractivity contribution >= 4 is 24.0 Å². The van der Waals surface area contributed by atoms with E-state index in [9.17, 15) is 19.2 Å². The number of benzene rings is 1. The van der Waals surface area contributed by atoms with Crippen LogP contribution in [0.5, 0.6) is 0 Å². The van der Waals surface area contributed by atoms with E-state index in [0.29, 0.717) is 39.0 Å². The van der Waals surface area contributed by atoms with Gasteiger partial charge in [0, 0.05) is 31.6 Å². The van der Waals surface area contributed by atoms with Gasteiger partial charge in [-0.2, -0.15) is 0 Å². The topological polar surface area (TPSA) is 123 Å². The van der Waals surface area contributed by atoms with Crippen LogP contribution in [0.4, 0.5) is 9.59 Å². The Hall–Kier alpha value is -3.58. The third kappa shape index (κ3) is 8.27. The van der Waals surface area contributed by atoms with Crippen LogP contribution in [0.1, 0.15) is 63.7 Å². The Bertz CT molecular complexity index is 1020. The van der Waals surface area contributed by atoms with Gasteiger partial charge in [0.05, 0.1) is 13.2 Å². The summed E-state index contributed by atoms with van der Waals surface area (Å²) < 4.78 is 16.1. The van der Waals surface area contributed by atoms with Crippen LogP contribution in [0, 0.1) is 11.8 Å². The third-order valence-corrected chi connectivity index (χ3v) is 5.45. The van der Waals surface area contributed by atoms with E-state index in [2.05, 4.69) is 22.5 Å². The Morgan fingerprint density at radius 3 is 2.64 bits per heavy atom. The molecule has 2 aliphatic heterocycles. The maximum absolute atomic E-state index is 12.3. The molecule has 3 rings (SSSR count). The van der Waals surface area contributed by atoms with Crippen LogP contribution < -0.4 is 10.6 Å². The molecular formula is C26H33N3O7. The average molecular weight is 500 g/mol. The molecule has 0 saturated carbocycles. The Labute approximate surface area is 211 Å². The number of carbonyl (C=O) groups is 4. The van der Waals surface area contributed by atoms with Crippen molar-refractivity contribution in [1.29, 1.82) is 0 Å². The highest BCUT2D eigenvalue weighted by atomic mass is 16.6. The molecule has 10 heteroatoms. The zero-order valence-corrected chi connectivity index (χ0v) is 20.9. The molecular weight excluding hydrogens is 466 g/mol. The molecule has 2 atom stereocenters. The summed E-state index contributed by atoms with van der Waals surface area (Å²) in [5.41, 5.74) is 1.13. The largest absolute Gasteiger partial charge is 0.444 e. The number of alkyl carbamates (subject to hydrolysis) is 1. The smallest absolute Gasteiger partial charge is 0.411 e. The normalized spacial score (nSPS) is 19.8. The molecule has 194 valence electrons. The van der Waals surface area contributed by atoms with Crippen molar-refractivity contribution in [2.24, 2.45) is 0 Å². The maximum Gasteiger partial charge on any atom is 0.411 e. The van der Waals surface area contributed by atoms with Gasteiger partial charge in [-0.1, -0.05) is 24.0 Å². The van der Waals surface area contributed by atoms with Gasteiger partial charge < -0.3 is 19.5 Å². The Balaban J connectivity index is 1.35. The minimum Gasteiger partial charge on any atom is -0.444 e. The fourth-order valence-corrected chi connectivity index (χ4v) is 3.74. The van der Waals surface area contributed by atoms with Gasteiger partial charge in [-0.15, -0.1) is 0 Å². The van der Waals surface area contributed by atoms with Gasteiger partial charge in [0.15, 0.2) is 0 Å². The maximum atomic E-state index is 12.3. The second kappa shape index (κ2) is 12.4. The van der Waals surface area contributed by atoms with Crippen LogP contribution in [0.3, 0.4) is 0 Å². The molecule has 1 aromatic carbocycles. The van der Waals surface area contributed by atoms with Crippen LogP contribution in [-0.2, 0) is 23.8 Å². The van der Waals surface area contributed by atoms with Gasteiger partial charge in [0.1, 0.15) is 17.7 Å². The lowest BCUT2D eigenvalue weighted by atomic mass is 10.0. The molecule has 0 aromatic heterocycles. The van der Waals surface area contributed by atoms with E-state index in [1.165, 1.54) is 4.90 Å². The first-order chi connectivity index (χ1) is 17.1. The molecule has 2 heterocycles. The predicted molar refractivity (Wildman–Crippen MR) is 130 cm³/mol. The van der Waals surface area contributed by atoms with Gasteiger partial charge in [-0.3, -0.25) is 19.8 Å². The number of carbonyl (C=O) groups excluding carboxylic acids is 4. The second-order valence-electron chi connectivity index (χ2n) is 9.56. The Morgan fingerprint density at radius 2 is 1.94 bits per heavy atom. The Morgan fingerprint density at radius 1 is 1.19 bits per heavy atom. The summed E-state index contributed by atoms with van der Waals surface area (Å²) in [5, 5.41) is 4.95. The SMILES string of the molecule is CC(C)(C)OC(=O)NCCCOCCC#Cc1ccc(C2CN(C3CCC(=O)NC3=O)C(=O)O2)cc1. The molecule has 2 aliphatic rings. The van der Waals surface area contributed by atoms with Crippen molar-refractivity contribution in [2.45, 2.75) is 64.2 Å². The van der Waals surface area contributed by atoms with Crippen molar-refractivity contribution in [3.8, 4) is 11.8 Å². The van der Waals surface area contributed by atoms with E-state index in [0.717, 1.165) is 11.1 Å². The fourth-order valence-electron chi connectivity index (χ4n) is 3.74. The molecule has 2 fully saturated rings. The van der Waals surface area contributed by atoms with Crippen molar-refractivity contribution in [1.82, 2.24) is 15.5 Å². The molecule has 4 amide bonds. The molecule has 0 radical (unpaired) electrons. The summed E-state index contributed by atoms with van der Waals surface area (Å²) in [6, 6.07) is 6.73. The van der Waals surface area contributed by atoms with Crippen LogP contribution in [-0.4, -0.2) is 66.8 Å². The summed E-state index contributed by atoms with van der Waals surface area (Å²) in [6.45, 7) is 7.19. The highest BCUT2D eigenvalue weighted by molar-refractivity contribution is 6.01. The molecule has 0 aliphatic carbocycles. The van der Waals surface area contributed by atoms with Crippen molar-refractivity contribution in [2.75, 3.05) is 26.3 Å². The minimum absolute atomic E-state index is 0.203. The first-order valence-electron chi connectivity index (χ1n) is 12.1. The monoisotopic (exact) mass is 499 g/mol. The minimum atomic E-state index is -0.686. The first kappa shape index (κ1) is 27.0. The highest BCUT2D eigenvalue weighted by Crippen LogP contribution is 2.29. The zero-order valence-electron chi connectivity index (χ0n) is 20.9. The Kier molecular flexibility index (Phi) is 9.31. The number of amides is 4. The summed E-state index contributed by atoms with van der Waals surface area (Å²) in [6.07, 6.45) is 0.283. The lowest BCUT2D eigenvalue weighted by Gasteiger charge is -2.27. The highest BCUT2D eigenvalue weighted by Gasteiger charge is 2.41. The summed E-state index contributed by atoms with van der Waals surface area (Å²) in [7, 11) is 0. The number of ether oxygens (including phenoxy) is 3. The third-order valence-electron chi connectivity index (χ3n) is 5.45. The second-order valence-corrected chi connectivity index (χ2v) is 9.56. The van der Waals surface area contributed by atoms with E-state index in [4.69, 9.17) is 14.2 Å². The quantitative estimate of drug-likeness (QED) is 0.320. The molecule has 2 saturated heterocycles. The molecule has 2 N–H and O–H groups in total. The summed E-state index contributed by atoms with van der Waals surface area (Å²) in [4.78, 5) is 48.6. The lowest BCUT2D eigenvalue weighted by molar-refractivity contribution is -0.136. The molecule has 1 aromatic rings. The number of rotatable bonds is 8. The van der Waals surface area contributed by atoms with E-state index >= 15 is 0 Å². The number of nitrogens with zero attached hydrogens (tertiary/aromatic N) is 1. The first-order valence-corrected chi connectivity index (χ1v) is 12.1. The molecule has 36 heavy (non-hydrogen) atoms. The van der Waals surface area contributed by atoms with Gasteiger partial charge >= 0.3 is 12.2 Å². The average Bonchev–Trinajstić information content (AvgIpc) is 3.18. The van der Waals surface area contributed by atoms with Crippen molar-refractivity contribution in [3.63, 3.8) is 0 Å². The van der Waals surface area contributed by atoms with E-state index in [-0.39, 0.29) is 18.9 Å². The van der Waals surface area contributed by atoms with Gasteiger partial charge in [0.2, 0.25) is 11.8 Å².